The molecule has 12 aromatic rings. The second kappa shape index (κ2) is 16.3. The van der Waals surface area contributed by atoms with E-state index in [1.807, 2.05) is 12.4 Å². The van der Waals surface area contributed by atoms with Gasteiger partial charge in [0.25, 0.3) is 0 Å². The Morgan fingerprint density at radius 3 is 1.01 bits per heavy atom. The summed E-state index contributed by atoms with van der Waals surface area (Å²) in [5.74, 6) is 0. The molecule has 0 saturated carbocycles. The average molecular weight is 871 g/mol. The fourth-order valence-electron chi connectivity index (χ4n) is 10.6. The summed E-state index contributed by atoms with van der Waals surface area (Å²) < 4.78 is 4.67. The van der Waals surface area contributed by atoms with Gasteiger partial charge in [-0.15, -0.1) is 0 Å². The Balaban J connectivity index is 1.15. The zero-order valence-electron chi connectivity index (χ0n) is 38.4. The van der Waals surface area contributed by atoms with Crippen molar-refractivity contribution < 1.29 is 0 Å². The number of benzene rings is 9. The van der Waals surface area contributed by atoms with Crippen LogP contribution in [0.5, 0.6) is 0 Å². The van der Waals surface area contributed by atoms with Crippen LogP contribution in [0.15, 0.2) is 207 Å². The zero-order chi connectivity index (χ0) is 46.0. The van der Waals surface area contributed by atoms with E-state index in [0.717, 1.165) is 77.2 Å². The zero-order valence-corrected chi connectivity index (χ0v) is 38.4. The second-order valence-electron chi connectivity index (χ2n) is 18.1. The third-order valence-corrected chi connectivity index (χ3v) is 14.1. The number of nitrogens with zero attached hydrogens (tertiary/aromatic N) is 4. The Labute approximate surface area is 396 Å². The lowest BCUT2D eigenvalue weighted by molar-refractivity contribution is 1.13. The minimum Gasteiger partial charge on any atom is -0.309 e. The number of rotatable bonds is 7. The maximum Gasteiger partial charge on any atom is 0.101 e. The first kappa shape index (κ1) is 40.7. The monoisotopic (exact) mass is 870 g/mol. The molecule has 0 atom stereocenters. The summed E-state index contributed by atoms with van der Waals surface area (Å²) in [6.07, 6.45) is 3.71. The normalized spacial score (nSPS) is 11.5. The quantitative estimate of drug-likeness (QED) is 0.160. The van der Waals surface area contributed by atoms with Crippen LogP contribution in [-0.4, -0.2) is 14.1 Å². The van der Waals surface area contributed by atoms with Crippen molar-refractivity contribution in [2.24, 2.45) is 0 Å². The van der Waals surface area contributed by atoms with Gasteiger partial charge in [-0.2, -0.15) is 5.26 Å². The third-order valence-electron chi connectivity index (χ3n) is 14.1. The standard InChI is InChI=1S/C64H46N4/c1-40-13-5-9-17-50(40)45-21-25-59-55(33-45)56-34-46(51-18-10-6-14-41(51)2)22-26-60(56)67(59)63-38-54(44-29-31-66-32-30-44)64(37-49(63)39-65)68-61-27-23-47(52-19-11-7-15-42(52)3)35-57(61)58-36-48(24-28-62(58)68)53-20-12-8-16-43(53)4/h5-38H,1-4H3. The van der Waals surface area contributed by atoms with Gasteiger partial charge >= 0.3 is 0 Å². The van der Waals surface area contributed by atoms with Crippen LogP contribution in [0.25, 0.3) is 111 Å². The molecule has 0 fully saturated rings. The van der Waals surface area contributed by atoms with Crippen LogP contribution in [0.1, 0.15) is 27.8 Å². The van der Waals surface area contributed by atoms with Gasteiger partial charge in [-0.05, 0) is 173 Å². The van der Waals surface area contributed by atoms with E-state index in [1.165, 1.54) is 55.6 Å². The highest BCUT2D eigenvalue weighted by Gasteiger charge is 2.23. The largest absolute Gasteiger partial charge is 0.309 e. The SMILES string of the molecule is Cc1ccccc1-c1ccc2c(c1)c1cc(-c3ccccc3C)ccc1n2-c1cc(-c2ccncc2)c(-n2c3ccc(-c4ccccc4C)cc3c3cc(-c4ccccc4C)ccc32)cc1C#N. The molecule has 3 heterocycles. The van der Waals surface area contributed by atoms with Crippen LogP contribution in [0.4, 0.5) is 0 Å². The van der Waals surface area contributed by atoms with Crippen LogP contribution in [0, 0.1) is 39.0 Å². The lowest BCUT2D eigenvalue weighted by Gasteiger charge is -2.19. The number of hydrogen-bond acceptors (Lipinski definition) is 2. The highest BCUT2D eigenvalue weighted by atomic mass is 15.0. The van der Waals surface area contributed by atoms with Crippen molar-refractivity contribution in [3.05, 3.63) is 234 Å². The molecule has 0 unspecified atom stereocenters. The van der Waals surface area contributed by atoms with Crippen LogP contribution in [0.3, 0.4) is 0 Å². The van der Waals surface area contributed by atoms with Crippen molar-refractivity contribution in [2.45, 2.75) is 27.7 Å². The van der Waals surface area contributed by atoms with E-state index in [-0.39, 0.29) is 0 Å². The summed E-state index contributed by atoms with van der Waals surface area (Å²) >= 11 is 0. The smallest absolute Gasteiger partial charge is 0.101 e. The molecule has 9 aromatic carbocycles. The Kier molecular flexibility index (Phi) is 9.74. The number of aryl methyl sites for hydroxylation is 4. The minimum atomic E-state index is 0.575. The van der Waals surface area contributed by atoms with Gasteiger partial charge in [0.05, 0.1) is 39.0 Å². The first-order chi connectivity index (χ1) is 33.3. The first-order valence-corrected chi connectivity index (χ1v) is 23.2. The maximum absolute atomic E-state index is 11.4. The van der Waals surface area contributed by atoms with Gasteiger partial charge in [0.15, 0.2) is 0 Å². The van der Waals surface area contributed by atoms with E-state index >= 15 is 0 Å². The number of aromatic nitrogens is 3. The van der Waals surface area contributed by atoms with Gasteiger partial charge in [0, 0.05) is 39.5 Å². The Hall–Kier alpha value is -8.78. The third kappa shape index (κ3) is 6.63. The minimum absolute atomic E-state index is 0.575. The molecule has 0 aliphatic heterocycles. The van der Waals surface area contributed by atoms with Crippen molar-refractivity contribution >= 4 is 43.6 Å². The van der Waals surface area contributed by atoms with Gasteiger partial charge in [-0.3, -0.25) is 4.98 Å². The molecule has 4 nitrogen and oxygen atoms in total. The molecule has 12 rings (SSSR count). The Bertz CT molecular complexity index is 3820. The molecule has 0 saturated heterocycles. The van der Waals surface area contributed by atoms with Crippen LogP contribution in [0.2, 0.25) is 0 Å². The molecule has 322 valence electrons. The summed E-state index contributed by atoms with van der Waals surface area (Å²) in [5.41, 5.74) is 22.9. The van der Waals surface area contributed by atoms with Crippen molar-refractivity contribution in [3.63, 3.8) is 0 Å². The first-order valence-electron chi connectivity index (χ1n) is 23.2. The number of pyridine rings is 1. The molecular weight excluding hydrogens is 825 g/mol. The van der Waals surface area contributed by atoms with Crippen molar-refractivity contribution in [3.8, 4) is 73.1 Å². The number of fused-ring (bicyclic) bond motifs is 6. The van der Waals surface area contributed by atoms with Crippen LogP contribution in [-0.2, 0) is 0 Å². The molecule has 4 heteroatoms. The lowest BCUT2D eigenvalue weighted by atomic mass is 9.97. The predicted octanol–water partition coefficient (Wildman–Crippen LogP) is 16.7. The van der Waals surface area contributed by atoms with E-state index < -0.39 is 0 Å². The Morgan fingerprint density at radius 1 is 0.338 bits per heavy atom. The number of hydrogen-bond donors (Lipinski definition) is 0. The predicted molar refractivity (Wildman–Crippen MR) is 284 cm³/mol. The van der Waals surface area contributed by atoms with E-state index in [2.05, 4.69) is 242 Å². The lowest BCUT2D eigenvalue weighted by Crippen LogP contribution is -2.04. The molecular formula is C64H46N4. The summed E-state index contributed by atoms with van der Waals surface area (Å²) in [5, 5.41) is 16.0. The molecule has 0 aliphatic carbocycles. The highest BCUT2D eigenvalue weighted by molar-refractivity contribution is 6.14. The van der Waals surface area contributed by atoms with E-state index in [1.54, 1.807) is 0 Å². The van der Waals surface area contributed by atoms with E-state index in [4.69, 9.17) is 0 Å². The molecule has 0 N–H and O–H groups in total. The molecule has 68 heavy (non-hydrogen) atoms. The molecule has 0 bridgehead atoms. The fraction of sp³-hybridized carbons (Fsp3) is 0.0625. The van der Waals surface area contributed by atoms with Gasteiger partial charge < -0.3 is 9.13 Å². The fourth-order valence-corrected chi connectivity index (χ4v) is 10.6. The topological polar surface area (TPSA) is 46.5 Å². The highest BCUT2D eigenvalue weighted by Crippen LogP contribution is 2.44. The summed E-state index contributed by atoms with van der Waals surface area (Å²) in [6.45, 7) is 8.69. The maximum atomic E-state index is 11.4. The summed E-state index contributed by atoms with van der Waals surface area (Å²) in [4.78, 5) is 4.46. The van der Waals surface area contributed by atoms with Crippen molar-refractivity contribution in [2.75, 3.05) is 0 Å². The van der Waals surface area contributed by atoms with Gasteiger partial charge in [-0.25, -0.2) is 0 Å². The van der Waals surface area contributed by atoms with E-state index in [0.29, 0.717) is 5.56 Å². The van der Waals surface area contributed by atoms with Crippen molar-refractivity contribution in [1.29, 1.82) is 5.26 Å². The molecule has 3 aromatic heterocycles. The molecule has 0 amide bonds. The van der Waals surface area contributed by atoms with Crippen LogP contribution >= 0.6 is 0 Å². The summed E-state index contributed by atoms with van der Waals surface area (Å²) in [7, 11) is 0. The molecule has 0 aliphatic rings. The van der Waals surface area contributed by atoms with Crippen molar-refractivity contribution in [1.82, 2.24) is 14.1 Å². The second-order valence-corrected chi connectivity index (χ2v) is 18.1. The average Bonchev–Trinajstić information content (AvgIpc) is 3.88. The van der Waals surface area contributed by atoms with Gasteiger partial charge in [0.2, 0.25) is 0 Å². The van der Waals surface area contributed by atoms with Gasteiger partial charge in [-0.1, -0.05) is 121 Å². The summed E-state index contributed by atoms with van der Waals surface area (Å²) in [6, 6.07) is 72.8. The molecule has 0 radical (unpaired) electrons. The molecule has 0 spiro atoms. The van der Waals surface area contributed by atoms with Gasteiger partial charge in [0.1, 0.15) is 6.07 Å². The Morgan fingerprint density at radius 2 is 0.676 bits per heavy atom. The number of nitriles is 1. The van der Waals surface area contributed by atoms with E-state index in [9.17, 15) is 5.26 Å². The van der Waals surface area contributed by atoms with Crippen LogP contribution < -0.4 is 0 Å².